The molecule has 0 saturated carbocycles. The molecule has 1 atom stereocenters. The topological polar surface area (TPSA) is 68.6 Å². The first-order chi connectivity index (χ1) is 15.7. The molecular weight excluding hydrogens is 525 g/mol. The normalized spacial score (nSPS) is 14.4. The van der Waals surface area contributed by atoms with Gasteiger partial charge in [0, 0.05) is 41.2 Å². The number of thioether (sulfide) groups is 1. The molecule has 35 heavy (non-hydrogen) atoms. The second-order valence-corrected chi connectivity index (χ2v) is 9.87. The van der Waals surface area contributed by atoms with E-state index in [9.17, 15) is 10.2 Å². The molecule has 0 radical (unpaired) electrons. The monoisotopic (exact) mass is 565 g/mol. The standard InChI is InChI=1S/C26H39N3O2S.3ClH/c1-2-17-29(22-8-9-24-21(20-22)7-10-25(30)26(24)31)18-6-4-3-5-13-27-16-19-32-23-11-14-28-15-12-23;;;/h7,10-12,14-15,22,27,30-31H,2-6,8-9,13,16-20H2,1H3;3*1H. The summed E-state index contributed by atoms with van der Waals surface area (Å²) in [5, 5.41) is 23.5. The summed E-state index contributed by atoms with van der Waals surface area (Å²) in [6, 6.07) is 8.29. The summed E-state index contributed by atoms with van der Waals surface area (Å²) in [5.41, 5.74) is 2.15. The highest BCUT2D eigenvalue weighted by Crippen LogP contribution is 2.36. The molecule has 200 valence electrons. The fourth-order valence-electron chi connectivity index (χ4n) is 4.60. The van der Waals surface area contributed by atoms with Gasteiger partial charge in [-0.25, -0.2) is 0 Å². The summed E-state index contributed by atoms with van der Waals surface area (Å²) >= 11 is 1.88. The Labute approximate surface area is 234 Å². The predicted molar refractivity (Wildman–Crippen MR) is 155 cm³/mol. The summed E-state index contributed by atoms with van der Waals surface area (Å²) < 4.78 is 0. The zero-order valence-corrected chi connectivity index (χ0v) is 23.9. The number of rotatable bonds is 14. The largest absolute Gasteiger partial charge is 0.504 e. The van der Waals surface area contributed by atoms with Crippen LogP contribution in [0, 0.1) is 0 Å². The molecule has 0 saturated heterocycles. The van der Waals surface area contributed by atoms with Crippen LogP contribution in [0.15, 0.2) is 41.6 Å². The lowest BCUT2D eigenvalue weighted by Crippen LogP contribution is -2.40. The first kappa shape index (κ1) is 34.1. The van der Waals surface area contributed by atoms with Crippen molar-refractivity contribution in [3.8, 4) is 11.5 Å². The summed E-state index contributed by atoms with van der Waals surface area (Å²) in [5.74, 6) is 1.19. The van der Waals surface area contributed by atoms with Crippen LogP contribution in [0.3, 0.4) is 0 Å². The molecule has 9 heteroatoms. The van der Waals surface area contributed by atoms with E-state index in [0.717, 1.165) is 56.8 Å². The van der Waals surface area contributed by atoms with Gasteiger partial charge >= 0.3 is 0 Å². The third-order valence-electron chi connectivity index (χ3n) is 6.31. The molecule has 2 aromatic rings. The molecule has 1 aliphatic carbocycles. The van der Waals surface area contributed by atoms with Crippen molar-refractivity contribution in [2.75, 3.05) is 31.9 Å². The van der Waals surface area contributed by atoms with E-state index in [-0.39, 0.29) is 48.7 Å². The van der Waals surface area contributed by atoms with Crippen molar-refractivity contribution >= 4 is 49.0 Å². The van der Waals surface area contributed by atoms with E-state index in [2.05, 4.69) is 34.3 Å². The van der Waals surface area contributed by atoms with Gasteiger partial charge in [0.25, 0.3) is 0 Å². The van der Waals surface area contributed by atoms with Crippen molar-refractivity contribution in [1.29, 1.82) is 0 Å². The molecule has 0 aliphatic heterocycles. The van der Waals surface area contributed by atoms with E-state index in [4.69, 9.17) is 0 Å². The number of benzene rings is 1. The van der Waals surface area contributed by atoms with Crippen molar-refractivity contribution in [3.63, 3.8) is 0 Å². The second kappa shape index (κ2) is 19.3. The molecule has 3 rings (SSSR count). The van der Waals surface area contributed by atoms with Gasteiger partial charge in [0.15, 0.2) is 11.5 Å². The number of hydrogen-bond donors (Lipinski definition) is 3. The summed E-state index contributed by atoms with van der Waals surface area (Å²) in [6.45, 7) is 6.71. The van der Waals surface area contributed by atoms with Gasteiger partial charge in [-0.2, -0.15) is 0 Å². The van der Waals surface area contributed by atoms with Crippen LogP contribution >= 0.6 is 49.0 Å². The SMILES string of the molecule is CCCN(CCCCCCNCCSc1ccncc1)C1CCc2c(ccc(O)c2O)C1.Cl.Cl.Cl. The molecule has 0 amide bonds. The molecule has 1 aliphatic rings. The Morgan fingerprint density at radius 2 is 1.71 bits per heavy atom. The van der Waals surface area contributed by atoms with Gasteiger partial charge in [0.2, 0.25) is 0 Å². The van der Waals surface area contributed by atoms with Crippen molar-refractivity contribution in [3.05, 3.63) is 47.8 Å². The lowest BCUT2D eigenvalue weighted by molar-refractivity contribution is 0.175. The van der Waals surface area contributed by atoms with Crippen molar-refractivity contribution < 1.29 is 10.2 Å². The number of aromatic hydroxyl groups is 2. The van der Waals surface area contributed by atoms with Crippen LogP contribution in [0.5, 0.6) is 11.5 Å². The van der Waals surface area contributed by atoms with Gasteiger partial charge in [0.1, 0.15) is 0 Å². The Morgan fingerprint density at radius 3 is 2.46 bits per heavy atom. The molecule has 1 aromatic carbocycles. The lowest BCUT2D eigenvalue weighted by atomic mass is 9.86. The average Bonchev–Trinajstić information content (AvgIpc) is 2.82. The maximum Gasteiger partial charge on any atom is 0.160 e. The number of nitrogens with one attached hydrogen (secondary N) is 1. The molecule has 3 N–H and O–H groups in total. The summed E-state index contributed by atoms with van der Waals surface area (Å²) in [4.78, 5) is 7.99. The van der Waals surface area contributed by atoms with E-state index >= 15 is 0 Å². The van der Waals surface area contributed by atoms with Crippen molar-refractivity contribution in [2.45, 2.75) is 69.2 Å². The number of hydrogen-bond acceptors (Lipinski definition) is 6. The molecule has 1 unspecified atom stereocenters. The Bertz CT molecular complexity index is 818. The van der Waals surface area contributed by atoms with Crippen molar-refractivity contribution in [2.24, 2.45) is 0 Å². The minimum absolute atomic E-state index is 0. The van der Waals surface area contributed by atoms with Crippen LogP contribution in [-0.4, -0.2) is 58.1 Å². The van der Waals surface area contributed by atoms with E-state index in [1.54, 1.807) is 6.07 Å². The molecule has 1 heterocycles. The average molecular weight is 567 g/mol. The molecule has 1 aromatic heterocycles. The first-order valence-electron chi connectivity index (χ1n) is 12.2. The zero-order valence-electron chi connectivity index (χ0n) is 20.7. The number of halogens is 3. The van der Waals surface area contributed by atoms with E-state index < -0.39 is 0 Å². The maximum atomic E-state index is 10.1. The van der Waals surface area contributed by atoms with E-state index in [1.165, 1.54) is 42.6 Å². The Kier molecular flexibility index (Phi) is 18.8. The van der Waals surface area contributed by atoms with Gasteiger partial charge in [-0.05, 0) is 81.9 Å². The molecule has 5 nitrogen and oxygen atoms in total. The quantitative estimate of drug-likeness (QED) is 0.142. The predicted octanol–water partition coefficient (Wildman–Crippen LogP) is 6.27. The fraction of sp³-hybridized carbons (Fsp3) is 0.577. The lowest BCUT2D eigenvalue weighted by Gasteiger charge is -2.35. The smallest absolute Gasteiger partial charge is 0.160 e. The van der Waals surface area contributed by atoms with Gasteiger partial charge in [-0.1, -0.05) is 25.8 Å². The minimum atomic E-state index is 0. The third-order valence-corrected chi connectivity index (χ3v) is 7.33. The Morgan fingerprint density at radius 1 is 0.971 bits per heavy atom. The number of pyridine rings is 1. The van der Waals surface area contributed by atoms with Crippen LogP contribution in [-0.2, 0) is 12.8 Å². The van der Waals surface area contributed by atoms with Gasteiger partial charge in [-0.3, -0.25) is 4.98 Å². The van der Waals surface area contributed by atoms with Crippen LogP contribution in [0.2, 0.25) is 0 Å². The zero-order chi connectivity index (χ0) is 22.6. The molecule has 0 fully saturated rings. The molecular formula is C26H42Cl3N3O2S. The highest BCUT2D eigenvalue weighted by atomic mass is 35.5. The number of nitrogens with zero attached hydrogens (tertiary/aromatic N) is 2. The second-order valence-electron chi connectivity index (χ2n) is 8.70. The van der Waals surface area contributed by atoms with Crippen LogP contribution in [0.25, 0.3) is 0 Å². The Hall–Kier alpha value is -0.890. The van der Waals surface area contributed by atoms with E-state index in [0.29, 0.717) is 6.04 Å². The number of aromatic nitrogens is 1. The molecule has 0 spiro atoms. The fourth-order valence-corrected chi connectivity index (χ4v) is 5.39. The van der Waals surface area contributed by atoms with Gasteiger partial charge in [-0.15, -0.1) is 49.0 Å². The minimum Gasteiger partial charge on any atom is -0.504 e. The van der Waals surface area contributed by atoms with Crippen molar-refractivity contribution in [1.82, 2.24) is 15.2 Å². The number of unbranched alkanes of at least 4 members (excludes halogenated alkanes) is 3. The third kappa shape index (κ3) is 11.4. The highest BCUT2D eigenvalue weighted by Gasteiger charge is 2.26. The summed E-state index contributed by atoms with van der Waals surface area (Å²) in [7, 11) is 0. The summed E-state index contributed by atoms with van der Waals surface area (Å²) in [6.07, 6.45) is 12.8. The highest BCUT2D eigenvalue weighted by molar-refractivity contribution is 7.99. The van der Waals surface area contributed by atoms with Gasteiger partial charge in [0.05, 0.1) is 0 Å². The van der Waals surface area contributed by atoms with Gasteiger partial charge < -0.3 is 20.4 Å². The van der Waals surface area contributed by atoms with E-state index in [1.807, 2.05) is 30.2 Å². The first-order valence-corrected chi connectivity index (χ1v) is 13.2. The van der Waals surface area contributed by atoms with Crippen LogP contribution in [0.1, 0.15) is 56.6 Å². The van der Waals surface area contributed by atoms with Crippen LogP contribution in [0.4, 0.5) is 0 Å². The Balaban J connectivity index is 0.00000385. The molecule has 0 bridgehead atoms. The number of fused-ring (bicyclic) bond motifs is 1. The van der Waals surface area contributed by atoms with Crippen LogP contribution < -0.4 is 5.32 Å². The number of phenols is 2. The maximum absolute atomic E-state index is 10.1. The number of phenolic OH excluding ortho intramolecular Hbond substituents is 2.